The molecule has 1 unspecified atom stereocenters. The van der Waals surface area contributed by atoms with Crippen molar-refractivity contribution in [2.75, 3.05) is 18.8 Å². The van der Waals surface area contributed by atoms with E-state index >= 15 is 0 Å². The van der Waals surface area contributed by atoms with Crippen LogP contribution in [0.2, 0.25) is 0 Å². The summed E-state index contributed by atoms with van der Waals surface area (Å²) in [4.78, 5) is 14.4. The SMILES string of the molecule is Cc1ccc(-c2ccc(C(=O)N3CCCC(C)C3)o2)c(N)c1. The van der Waals surface area contributed by atoms with Gasteiger partial charge in [-0.2, -0.15) is 0 Å². The number of aryl methyl sites for hydroxylation is 1. The van der Waals surface area contributed by atoms with Crippen molar-refractivity contribution in [3.8, 4) is 11.3 Å². The number of carbonyl (C=O) groups excluding carboxylic acids is 1. The Labute approximate surface area is 130 Å². The first-order valence-corrected chi connectivity index (χ1v) is 7.80. The molecule has 2 aromatic rings. The first-order valence-electron chi connectivity index (χ1n) is 7.80. The quantitative estimate of drug-likeness (QED) is 0.860. The van der Waals surface area contributed by atoms with Gasteiger partial charge >= 0.3 is 0 Å². The molecule has 0 aliphatic carbocycles. The molecule has 1 fully saturated rings. The Hall–Kier alpha value is -2.23. The number of likely N-dealkylation sites (tertiary alicyclic amines) is 1. The van der Waals surface area contributed by atoms with Gasteiger partial charge in [-0.1, -0.05) is 13.0 Å². The number of piperidine rings is 1. The number of furan rings is 1. The zero-order valence-electron chi connectivity index (χ0n) is 13.1. The average molecular weight is 298 g/mol. The summed E-state index contributed by atoms with van der Waals surface area (Å²) in [6.45, 7) is 5.79. The molecule has 1 amide bonds. The second-order valence-electron chi connectivity index (χ2n) is 6.25. The topological polar surface area (TPSA) is 59.5 Å². The highest BCUT2D eigenvalue weighted by molar-refractivity contribution is 5.92. The Kier molecular flexibility index (Phi) is 3.92. The molecule has 1 aromatic heterocycles. The summed E-state index contributed by atoms with van der Waals surface area (Å²) in [7, 11) is 0. The number of benzene rings is 1. The van der Waals surface area contributed by atoms with E-state index in [2.05, 4.69) is 6.92 Å². The first kappa shape index (κ1) is 14.7. The van der Waals surface area contributed by atoms with Gasteiger partial charge in [0.05, 0.1) is 0 Å². The number of nitrogens with zero attached hydrogens (tertiary/aromatic N) is 1. The minimum atomic E-state index is -0.0246. The van der Waals surface area contributed by atoms with Crippen molar-refractivity contribution in [1.29, 1.82) is 0 Å². The van der Waals surface area contributed by atoms with Crippen LogP contribution in [0.15, 0.2) is 34.7 Å². The predicted octanol–water partition coefficient (Wildman–Crippen LogP) is 3.71. The first-order chi connectivity index (χ1) is 10.5. The molecule has 0 spiro atoms. The van der Waals surface area contributed by atoms with Crippen molar-refractivity contribution in [3.63, 3.8) is 0 Å². The number of anilines is 1. The van der Waals surface area contributed by atoms with Crippen molar-refractivity contribution in [2.24, 2.45) is 5.92 Å². The Bertz CT molecular complexity index is 690. The summed E-state index contributed by atoms with van der Waals surface area (Å²) in [5, 5.41) is 0. The average Bonchev–Trinajstić information content (AvgIpc) is 2.96. The highest BCUT2D eigenvalue weighted by Gasteiger charge is 2.24. The van der Waals surface area contributed by atoms with E-state index in [4.69, 9.17) is 10.2 Å². The lowest BCUT2D eigenvalue weighted by Gasteiger charge is -2.30. The predicted molar refractivity (Wildman–Crippen MR) is 87.6 cm³/mol. The van der Waals surface area contributed by atoms with E-state index in [9.17, 15) is 4.79 Å². The van der Waals surface area contributed by atoms with Gasteiger partial charge in [0.1, 0.15) is 5.76 Å². The maximum absolute atomic E-state index is 12.5. The molecule has 0 saturated carbocycles. The molecule has 1 atom stereocenters. The lowest BCUT2D eigenvalue weighted by atomic mass is 10.0. The molecular formula is C18H22N2O2. The van der Waals surface area contributed by atoms with Crippen LogP contribution < -0.4 is 5.73 Å². The van der Waals surface area contributed by atoms with E-state index in [1.807, 2.05) is 36.1 Å². The molecular weight excluding hydrogens is 276 g/mol. The van der Waals surface area contributed by atoms with Gasteiger partial charge in [-0.3, -0.25) is 4.79 Å². The molecule has 2 N–H and O–H groups in total. The summed E-state index contributed by atoms with van der Waals surface area (Å²) in [5.74, 6) is 1.57. The number of amides is 1. The minimum absolute atomic E-state index is 0.0246. The van der Waals surface area contributed by atoms with E-state index in [0.29, 0.717) is 23.1 Å². The van der Waals surface area contributed by atoms with Gasteiger partial charge in [-0.15, -0.1) is 0 Å². The molecule has 4 heteroatoms. The number of nitrogens with two attached hydrogens (primary N) is 1. The van der Waals surface area contributed by atoms with Crippen LogP contribution in [0, 0.1) is 12.8 Å². The third-order valence-electron chi connectivity index (χ3n) is 4.23. The smallest absolute Gasteiger partial charge is 0.289 e. The van der Waals surface area contributed by atoms with E-state index in [1.165, 1.54) is 6.42 Å². The fraction of sp³-hybridized carbons (Fsp3) is 0.389. The third-order valence-corrected chi connectivity index (χ3v) is 4.23. The van der Waals surface area contributed by atoms with Gasteiger partial charge < -0.3 is 15.1 Å². The van der Waals surface area contributed by atoms with Crippen molar-refractivity contribution >= 4 is 11.6 Å². The fourth-order valence-electron chi connectivity index (χ4n) is 3.03. The highest BCUT2D eigenvalue weighted by Crippen LogP contribution is 2.29. The third kappa shape index (κ3) is 2.86. The minimum Gasteiger partial charge on any atom is -0.451 e. The van der Waals surface area contributed by atoms with Crippen LogP contribution in [0.1, 0.15) is 35.9 Å². The molecule has 0 radical (unpaired) electrons. The van der Waals surface area contributed by atoms with E-state index in [0.717, 1.165) is 30.6 Å². The fourth-order valence-corrected chi connectivity index (χ4v) is 3.03. The molecule has 116 valence electrons. The number of hydrogen-bond acceptors (Lipinski definition) is 3. The summed E-state index contributed by atoms with van der Waals surface area (Å²) >= 11 is 0. The van der Waals surface area contributed by atoms with Gasteiger partial charge in [-0.05, 0) is 55.5 Å². The second kappa shape index (κ2) is 5.87. The van der Waals surface area contributed by atoms with Gasteiger partial charge in [0.15, 0.2) is 5.76 Å². The summed E-state index contributed by atoms with van der Waals surface area (Å²) < 4.78 is 5.77. The summed E-state index contributed by atoms with van der Waals surface area (Å²) in [5.41, 5.74) is 8.64. The van der Waals surface area contributed by atoms with Gasteiger partial charge in [-0.25, -0.2) is 0 Å². The van der Waals surface area contributed by atoms with Crippen molar-refractivity contribution in [3.05, 3.63) is 41.7 Å². The van der Waals surface area contributed by atoms with Crippen LogP contribution in [0.4, 0.5) is 5.69 Å². The van der Waals surface area contributed by atoms with E-state index < -0.39 is 0 Å². The molecule has 2 heterocycles. The lowest BCUT2D eigenvalue weighted by molar-refractivity contribution is 0.0652. The molecule has 4 nitrogen and oxygen atoms in total. The maximum Gasteiger partial charge on any atom is 0.289 e. The number of hydrogen-bond donors (Lipinski definition) is 1. The Morgan fingerprint density at radius 3 is 2.86 bits per heavy atom. The van der Waals surface area contributed by atoms with Crippen molar-refractivity contribution in [2.45, 2.75) is 26.7 Å². The molecule has 0 bridgehead atoms. The molecule has 22 heavy (non-hydrogen) atoms. The highest BCUT2D eigenvalue weighted by atomic mass is 16.4. The van der Waals surface area contributed by atoms with Crippen LogP contribution in [0.25, 0.3) is 11.3 Å². The molecule has 1 aliphatic rings. The van der Waals surface area contributed by atoms with Crippen molar-refractivity contribution in [1.82, 2.24) is 4.90 Å². The van der Waals surface area contributed by atoms with E-state index in [-0.39, 0.29) is 5.91 Å². The Morgan fingerprint density at radius 1 is 1.32 bits per heavy atom. The van der Waals surface area contributed by atoms with Crippen LogP contribution >= 0.6 is 0 Å². The maximum atomic E-state index is 12.5. The number of rotatable bonds is 2. The van der Waals surface area contributed by atoms with E-state index in [1.54, 1.807) is 6.07 Å². The van der Waals surface area contributed by atoms with Crippen LogP contribution in [-0.2, 0) is 0 Å². The Morgan fingerprint density at radius 2 is 2.14 bits per heavy atom. The monoisotopic (exact) mass is 298 g/mol. The van der Waals surface area contributed by atoms with Crippen molar-refractivity contribution < 1.29 is 9.21 Å². The standard InChI is InChI=1S/C18H22N2O2/c1-12-5-6-14(15(19)10-12)16-7-8-17(22-16)18(21)20-9-3-4-13(2)11-20/h5-8,10,13H,3-4,9,11,19H2,1-2H3. The molecule has 1 aromatic carbocycles. The number of nitrogen functional groups attached to an aromatic ring is 1. The van der Waals surface area contributed by atoms with Gasteiger partial charge in [0, 0.05) is 24.3 Å². The lowest BCUT2D eigenvalue weighted by Crippen LogP contribution is -2.38. The zero-order valence-corrected chi connectivity index (χ0v) is 13.1. The van der Waals surface area contributed by atoms with Gasteiger partial charge in [0.2, 0.25) is 0 Å². The zero-order chi connectivity index (χ0) is 15.7. The Balaban J connectivity index is 1.82. The molecule has 1 aliphatic heterocycles. The van der Waals surface area contributed by atoms with Crippen LogP contribution in [-0.4, -0.2) is 23.9 Å². The second-order valence-corrected chi connectivity index (χ2v) is 6.25. The van der Waals surface area contributed by atoms with Crippen LogP contribution in [0.3, 0.4) is 0 Å². The molecule has 1 saturated heterocycles. The summed E-state index contributed by atoms with van der Waals surface area (Å²) in [6.07, 6.45) is 2.25. The molecule has 3 rings (SSSR count). The largest absolute Gasteiger partial charge is 0.451 e. The summed E-state index contributed by atoms with van der Waals surface area (Å²) in [6, 6.07) is 9.40. The van der Waals surface area contributed by atoms with Gasteiger partial charge in [0.25, 0.3) is 5.91 Å². The van der Waals surface area contributed by atoms with Crippen LogP contribution in [0.5, 0.6) is 0 Å². The normalized spacial score (nSPS) is 18.5. The number of carbonyl (C=O) groups is 1.